The lowest BCUT2D eigenvalue weighted by atomic mass is 9.83. The molecule has 1 aliphatic rings. The molecule has 6 nitrogen and oxygen atoms in total. The van der Waals surface area contributed by atoms with E-state index in [2.05, 4.69) is 12.2 Å². The summed E-state index contributed by atoms with van der Waals surface area (Å²) in [5.74, 6) is 2.09. The molecule has 1 aliphatic heterocycles. The highest BCUT2D eigenvalue weighted by Crippen LogP contribution is 2.52. The van der Waals surface area contributed by atoms with Gasteiger partial charge in [-0.2, -0.15) is 0 Å². The number of fused-ring (bicyclic) bond motifs is 1. The predicted octanol–water partition coefficient (Wildman–Crippen LogP) is 4.37. The number of carbonyl (C=O) groups excluding carboxylic acids is 1. The van der Waals surface area contributed by atoms with E-state index in [1.807, 2.05) is 24.3 Å². The minimum atomic E-state index is -0.212. The van der Waals surface area contributed by atoms with Crippen molar-refractivity contribution in [3.8, 4) is 23.0 Å². The van der Waals surface area contributed by atoms with Crippen LogP contribution in [-0.4, -0.2) is 33.8 Å². The summed E-state index contributed by atoms with van der Waals surface area (Å²) in [5, 5.41) is 2.94. The van der Waals surface area contributed by atoms with Crippen LogP contribution in [0.1, 0.15) is 43.2 Å². The molecule has 2 aromatic rings. The van der Waals surface area contributed by atoms with Crippen molar-refractivity contribution in [1.82, 2.24) is 0 Å². The van der Waals surface area contributed by atoms with Gasteiger partial charge >= 0.3 is 0 Å². The lowest BCUT2D eigenvalue weighted by molar-refractivity contribution is -0.116. The second kappa shape index (κ2) is 8.87. The molecule has 0 aromatic heterocycles. The zero-order valence-corrected chi connectivity index (χ0v) is 16.8. The number of unbranched alkanes of at least 4 members (excludes halogenated alkanes) is 1. The summed E-state index contributed by atoms with van der Waals surface area (Å²) in [7, 11) is 4.72. The first-order valence-electron chi connectivity index (χ1n) is 9.49. The molecule has 0 spiro atoms. The summed E-state index contributed by atoms with van der Waals surface area (Å²) in [6, 6.07) is 9.64. The average molecular weight is 385 g/mol. The highest BCUT2D eigenvalue weighted by atomic mass is 16.5. The first-order valence-corrected chi connectivity index (χ1v) is 9.49. The van der Waals surface area contributed by atoms with Crippen LogP contribution in [0.2, 0.25) is 0 Å². The standard InChI is InChI=1S/C22H27NO5/c1-5-6-11-28-17-10-8-7-9-14(17)15-12-19(24)23-16-13-18(25-2)21(26-3)22(27-4)20(15)16/h7-10,13,15H,5-6,11-12H2,1-4H3,(H,23,24). The summed E-state index contributed by atoms with van der Waals surface area (Å²) in [6.45, 7) is 2.77. The van der Waals surface area contributed by atoms with Crippen LogP contribution in [0.15, 0.2) is 30.3 Å². The maximum atomic E-state index is 12.5. The van der Waals surface area contributed by atoms with E-state index in [-0.39, 0.29) is 11.8 Å². The van der Waals surface area contributed by atoms with Gasteiger partial charge in [0.2, 0.25) is 11.7 Å². The van der Waals surface area contributed by atoms with Crippen LogP contribution in [0, 0.1) is 0 Å². The molecule has 0 saturated carbocycles. The normalized spacial score (nSPS) is 15.4. The summed E-state index contributed by atoms with van der Waals surface area (Å²) >= 11 is 0. The van der Waals surface area contributed by atoms with Gasteiger partial charge in [0.25, 0.3) is 0 Å². The monoisotopic (exact) mass is 385 g/mol. The third-order valence-corrected chi connectivity index (χ3v) is 4.93. The van der Waals surface area contributed by atoms with Gasteiger partial charge in [-0.25, -0.2) is 0 Å². The topological polar surface area (TPSA) is 66.0 Å². The number of ether oxygens (including phenoxy) is 4. The van der Waals surface area contributed by atoms with Crippen molar-refractivity contribution in [2.75, 3.05) is 33.3 Å². The Bertz CT molecular complexity index is 849. The number of carbonyl (C=O) groups is 1. The Balaban J connectivity index is 2.15. The van der Waals surface area contributed by atoms with Crippen molar-refractivity contribution < 1.29 is 23.7 Å². The number of nitrogens with one attached hydrogen (secondary N) is 1. The lowest BCUT2D eigenvalue weighted by Crippen LogP contribution is -2.25. The van der Waals surface area contributed by atoms with Gasteiger partial charge in [-0.15, -0.1) is 0 Å². The van der Waals surface area contributed by atoms with E-state index < -0.39 is 0 Å². The molecule has 1 atom stereocenters. The molecular formula is C22H27NO5. The molecule has 1 unspecified atom stereocenters. The van der Waals surface area contributed by atoms with E-state index >= 15 is 0 Å². The van der Waals surface area contributed by atoms with Gasteiger partial charge in [0.05, 0.1) is 33.6 Å². The molecule has 28 heavy (non-hydrogen) atoms. The molecule has 0 fully saturated rings. The second-order valence-electron chi connectivity index (χ2n) is 6.65. The number of para-hydroxylation sites is 1. The molecule has 0 aliphatic carbocycles. The quantitative estimate of drug-likeness (QED) is 0.684. The van der Waals surface area contributed by atoms with E-state index in [4.69, 9.17) is 18.9 Å². The van der Waals surface area contributed by atoms with Gasteiger partial charge in [0, 0.05) is 29.5 Å². The number of hydrogen-bond acceptors (Lipinski definition) is 5. The fourth-order valence-electron chi connectivity index (χ4n) is 3.61. The minimum Gasteiger partial charge on any atom is -0.493 e. The average Bonchev–Trinajstić information content (AvgIpc) is 2.72. The van der Waals surface area contributed by atoms with Crippen LogP contribution in [0.3, 0.4) is 0 Å². The van der Waals surface area contributed by atoms with Crippen LogP contribution < -0.4 is 24.3 Å². The van der Waals surface area contributed by atoms with Crippen LogP contribution in [-0.2, 0) is 4.79 Å². The Labute approximate surface area is 165 Å². The summed E-state index contributed by atoms with van der Waals surface area (Å²) in [6.07, 6.45) is 2.33. The molecule has 1 heterocycles. The Kier molecular flexibility index (Phi) is 6.29. The molecule has 2 aromatic carbocycles. The van der Waals surface area contributed by atoms with Crippen molar-refractivity contribution in [3.05, 3.63) is 41.5 Å². The van der Waals surface area contributed by atoms with Crippen LogP contribution in [0.25, 0.3) is 0 Å². The van der Waals surface area contributed by atoms with Crippen LogP contribution >= 0.6 is 0 Å². The minimum absolute atomic E-state index is 0.0601. The molecule has 1 N–H and O–H groups in total. The van der Waals surface area contributed by atoms with Gasteiger partial charge in [0.1, 0.15) is 5.75 Å². The van der Waals surface area contributed by atoms with Crippen molar-refractivity contribution in [3.63, 3.8) is 0 Å². The fraction of sp³-hybridized carbons (Fsp3) is 0.409. The van der Waals surface area contributed by atoms with Gasteiger partial charge < -0.3 is 24.3 Å². The SMILES string of the molecule is CCCCOc1ccccc1C1CC(=O)Nc2cc(OC)c(OC)c(OC)c21. The summed E-state index contributed by atoms with van der Waals surface area (Å²) in [5.41, 5.74) is 2.49. The van der Waals surface area contributed by atoms with E-state index in [0.717, 1.165) is 29.7 Å². The number of amides is 1. The van der Waals surface area contributed by atoms with Crippen molar-refractivity contribution in [2.45, 2.75) is 32.1 Å². The zero-order valence-electron chi connectivity index (χ0n) is 16.8. The van der Waals surface area contributed by atoms with Crippen molar-refractivity contribution >= 4 is 11.6 Å². The Morgan fingerprint density at radius 2 is 1.79 bits per heavy atom. The lowest BCUT2D eigenvalue weighted by Gasteiger charge is -2.30. The van der Waals surface area contributed by atoms with Gasteiger partial charge in [0.15, 0.2) is 11.5 Å². The number of benzene rings is 2. The first-order chi connectivity index (χ1) is 13.6. The molecule has 150 valence electrons. The molecule has 3 rings (SSSR count). The molecule has 0 radical (unpaired) electrons. The largest absolute Gasteiger partial charge is 0.493 e. The van der Waals surface area contributed by atoms with Crippen molar-refractivity contribution in [2.24, 2.45) is 0 Å². The predicted molar refractivity (Wildman–Crippen MR) is 108 cm³/mol. The number of hydrogen-bond donors (Lipinski definition) is 1. The smallest absolute Gasteiger partial charge is 0.225 e. The third kappa shape index (κ3) is 3.72. The Morgan fingerprint density at radius 3 is 2.46 bits per heavy atom. The second-order valence-corrected chi connectivity index (χ2v) is 6.65. The van der Waals surface area contributed by atoms with E-state index in [9.17, 15) is 4.79 Å². The maximum absolute atomic E-state index is 12.5. The van der Waals surface area contributed by atoms with Gasteiger partial charge in [-0.3, -0.25) is 4.79 Å². The van der Waals surface area contributed by atoms with E-state index in [0.29, 0.717) is 36.0 Å². The maximum Gasteiger partial charge on any atom is 0.225 e. The number of rotatable bonds is 8. The molecular weight excluding hydrogens is 358 g/mol. The van der Waals surface area contributed by atoms with Crippen LogP contribution in [0.4, 0.5) is 5.69 Å². The molecule has 1 amide bonds. The fourth-order valence-corrected chi connectivity index (χ4v) is 3.61. The summed E-state index contributed by atoms with van der Waals surface area (Å²) < 4.78 is 22.7. The molecule has 0 saturated heterocycles. The highest BCUT2D eigenvalue weighted by molar-refractivity contribution is 5.97. The Morgan fingerprint density at radius 1 is 1.04 bits per heavy atom. The molecule has 6 heteroatoms. The zero-order chi connectivity index (χ0) is 20.1. The van der Waals surface area contributed by atoms with E-state index in [1.54, 1.807) is 27.4 Å². The van der Waals surface area contributed by atoms with Gasteiger partial charge in [-0.1, -0.05) is 31.5 Å². The molecule has 0 bridgehead atoms. The third-order valence-electron chi connectivity index (χ3n) is 4.93. The van der Waals surface area contributed by atoms with Crippen molar-refractivity contribution in [1.29, 1.82) is 0 Å². The summed E-state index contributed by atoms with van der Waals surface area (Å²) in [4.78, 5) is 12.5. The van der Waals surface area contributed by atoms with Crippen LogP contribution in [0.5, 0.6) is 23.0 Å². The van der Waals surface area contributed by atoms with Gasteiger partial charge in [-0.05, 0) is 12.5 Å². The Hall–Kier alpha value is -2.89. The number of methoxy groups -OCH3 is 3. The van der Waals surface area contributed by atoms with E-state index in [1.165, 1.54) is 0 Å². The highest BCUT2D eigenvalue weighted by Gasteiger charge is 2.34. The number of anilines is 1. The first kappa shape index (κ1) is 19.9.